The van der Waals surface area contributed by atoms with Gasteiger partial charge in [-0.15, -0.1) is 0 Å². The zero-order chi connectivity index (χ0) is 12.5. The van der Waals surface area contributed by atoms with E-state index in [1.807, 2.05) is 0 Å². The molecule has 0 spiro atoms. The van der Waals surface area contributed by atoms with Gasteiger partial charge < -0.3 is 9.84 Å². The van der Waals surface area contributed by atoms with Crippen molar-refractivity contribution >= 4 is 6.16 Å². The zero-order valence-electron chi connectivity index (χ0n) is 7.24. The number of hydrogen-bond acceptors (Lipinski definition) is 2. The van der Waals surface area contributed by atoms with Crippen LogP contribution in [0.1, 0.15) is 13.3 Å². The van der Waals surface area contributed by atoms with Crippen LogP contribution < -0.4 is 0 Å². The lowest BCUT2D eigenvalue weighted by atomic mass is 10.1. The first-order valence-corrected chi connectivity index (χ1v) is 3.53. The molecule has 0 aromatic heterocycles. The molecule has 0 aliphatic heterocycles. The number of rotatable bonds is 3. The fraction of sp³-hybridized carbons (Fsp3) is 0.833. The zero-order valence-corrected chi connectivity index (χ0v) is 7.24. The monoisotopic (exact) mass is 240 g/mol. The van der Waals surface area contributed by atoms with Crippen molar-refractivity contribution in [2.24, 2.45) is 0 Å². The second kappa shape index (κ2) is 3.78. The molecule has 0 radical (unpaired) electrons. The van der Waals surface area contributed by atoms with Gasteiger partial charge >= 0.3 is 24.1 Å². The average Bonchev–Trinajstić information content (AvgIpc) is 2.00. The van der Waals surface area contributed by atoms with Crippen LogP contribution in [0, 0.1) is 0 Å². The van der Waals surface area contributed by atoms with Crippen LogP contribution in [0.25, 0.3) is 0 Å². The highest BCUT2D eigenvalue weighted by atomic mass is 19.4. The van der Waals surface area contributed by atoms with Crippen LogP contribution in [0.15, 0.2) is 0 Å². The van der Waals surface area contributed by atoms with E-state index in [9.17, 15) is 31.1 Å². The van der Waals surface area contributed by atoms with Crippen molar-refractivity contribution in [3.63, 3.8) is 0 Å². The number of halogens is 6. The molecule has 1 atom stereocenters. The van der Waals surface area contributed by atoms with Crippen LogP contribution in [0.2, 0.25) is 0 Å². The largest absolute Gasteiger partial charge is 0.508 e. The molecule has 0 fully saturated rings. The van der Waals surface area contributed by atoms with Crippen molar-refractivity contribution in [3.8, 4) is 0 Å². The van der Waals surface area contributed by atoms with Gasteiger partial charge in [0.05, 0.1) is 0 Å². The summed E-state index contributed by atoms with van der Waals surface area (Å²) in [6.07, 6.45) is -10.2. The molecule has 0 aliphatic carbocycles. The van der Waals surface area contributed by atoms with Crippen molar-refractivity contribution in [1.29, 1.82) is 0 Å². The van der Waals surface area contributed by atoms with E-state index in [2.05, 4.69) is 4.74 Å². The third-order valence-corrected chi connectivity index (χ3v) is 1.53. The Morgan fingerprint density at radius 2 is 1.60 bits per heavy atom. The van der Waals surface area contributed by atoms with Gasteiger partial charge in [-0.1, -0.05) is 6.92 Å². The molecule has 90 valence electrons. The van der Waals surface area contributed by atoms with Gasteiger partial charge in [-0.3, -0.25) is 0 Å². The summed E-state index contributed by atoms with van der Waals surface area (Å²) in [6.45, 7) is 0.600. The van der Waals surface area contributed by atoms with Gasteiger partial charge in [0.25, 0.3) is 0 Å². The van der Waals surface area contributed by atoms with E-state index >= 15 is 0 Å². The molecular weight excluding hydrogens is 234 g/mol. The molecule has 0 aromatic rings. The van der Waals surface area contributed by atoms with Crippen molar-refractivity contribution in [3.05, 3.63) is 0 Å². The van der Waals surface area contributed by atoms with Crippen LogP contribution in [-0.2, 0) is 4.74 Å². The molecule has 1 unspecified atom stereocenters. The van der Waals surface area contributed by atoms with Gasteiger partial charge in [0.1, 0.15) is 0 Å². The quantitative estimate of drug-likeness (QED) is 0.609. The second-order valence-corrected chi connectivity index (χ2v) is 2.52. The molecule has 0 saturated heterocycles. The summed E-state index contributed by atoms with van der Waals surface area (Å²) < 4.78 is 75.9. The van der Waals surface area contributed by atoms with Crippen LogP contribution >= 0.6 is 0 Å². The lowest BCUT2D eigenvalue weighted by Crippen LogP contribution is -2.56. The van der Waals surface area contributed by atoms with Crippen molar-refractivity contribution in [2.75, 3.05) is 0 Å². The number of alkyl halides is 6. The summed E-state index contributed by atoms with van der Waals surface area (Å²) in [6, 6.07) is 0. The highest BCUT2D eigenvalue weighted by Crippen LogP contribution is 2.47. The molecule has 1 N–H and O–H groups in total. The molecule has 0 aromatic carbocycles. The van der Waals surface area contributed by atoms with Crippen molar-refractivity contribution < 1.29 is 41.0 Å². The summed E-state index contributed by atoms with van der Waals surface area (Å²) in [5, 5.41) is 7.85. The number of carbonyl (C=O) groups is 1. The Hall–Kier alpha value is -1.15. The Morgan fingerprint density at radius 1 is 1.20 bits per heavy atom. The van der Waals surface area contributed by atoms with Gasteiger partial charge in [0.2, 0.25) is 0 Å². The highest BCUT2D eigenvalue weighted by molar-refractivity contribution is 5.57. The summed E-state index contributed by atoms with van der Waals surface area (Å²) in [7, 11) is 0. The molecule has 0 saturated carbocycles. The smallest absolute Gasteiger partial charge is 0.450 e. The Morgan fingerprint density at radius 3 is 1.80 bits per heavy atom. The van der Waals surface area contributed by atoms with Crippen LogP contribution in [0.3, 0.4) is 0 Å². The summed E-state index contributed by atoms with van der Waals surface area (Å²) in [5.74, 6) is -10.5. The van der Waals surface area contributed by atoms with E-state index in [4.69, 9.17) is 5.11 Å². The highest BCUT2D eigenvalue weighted by Gasteiger charge is 2.73. The lowest BCUT2D eigenvalue weighted by molar-refractivity contribution is -0.373. The standard InChI is InChI=1S/C6H6F6O3/c1-2-4(7,15-3(13)14)5(8,9)6(10,11)12/h2H2,1H3,(H,13,14). The van der Waals surface area contributed by atoms with Crippen molar-refractivity contribution in [2.45, 2.75) is 31.3 Å². The van der Waals surface area contributed by atoms with Crippen LogP contribution in [-0.4, -0.2) is 29.2 Å². The summed E-state index contributed by atoms with van der Waals surface area (Å²) in [5.41, 5.74) is 0. The predicted molar refractivity (Wildman–Crippen MR) is 34.2 cm³/mol. The van der Waals surface area contributed by atoms with E-state index in [1.165, 1.54) is 0 Å². The minimum absolute atomic E-state index is 0.600. The van der Waals surface area contributed by atoms with E-state index < -0.39 is 30.5 Å². The number of hydrogen-bond donors (Lipinski definition) is 1. The maximum atomic E-state index is 13.0. The molecule has 0 amide bonds. The fourth-order valence-corrected chi connectivity index (χ4v) is 0.708. The number of carboxylic acid groups (broad SMARTS) is 1. The summed E-state index contributed by atoms with van der Waals surface area (Å²) in [4.78, 5) is 9.78. The Balaban J connectivity index is 5.18. The molecule has 0 bridgehead atoms. The first-order chi connectivity index (χ1) is 6.48. The molecule has 9 heteroatoms. The molecule has 3 nitrogen and oxygen atoms in total. The van der Waals surface area contributed by atoms with E-state index in [1.54, 1.807) is 0 Å². The third-order valence-electron chi connectivity index (χ3n) is 1.53. The normalized spacial score (nSPS) is 17.0. The topological polar surface area (TPSA) is 46.5 Å². The Bertz CT molecular complexity index is 250. The second-order valence-electron chi connectivity index (χ2n) is 2.52. The fourth-order valence-electron chi connectivity index (χ4n) is 0.708. The maximum absolute atomic E-state index is 13.0. The third kappa shape index (κ3) is 2.45. The van der Waals surface area contributed by atoms with E-state index in [-0.39, 0.29) is 0 Å². The summed E-state index contributed by atoms with van der Waals surface area (Å²) >= 11 is 0. The van der Waals surface area contributed by atoms with E-state index in [0.29, 0.717) is 6.92 Å². The minimum atomic E-state index is -6.23. The van der Waals surface area contributed by atoms with Crippen molar-refractivity contribution in [1.82, 2.24) is 0 Å². The van der Waals surface area contributed by atoms with Gasteiger partial charge in [0.15, 0.2) is 0 Å². The Labute approximate surface area is 79.6 Å². The number of ether oxygens (including phenoxy) is 1. The first-order valence-electron chi connectivity index (χ1n) is 3.53. The van der Waals surface area contributed by atoms with Crippen LogP contribution in [0.5, 0.6) is 0 Å². The van der Waals surface area contributed by atoms with Crippen LogP contribution in [0.4, 0.5) is 31.1 Å². The molecular formula is C6H6F6O3. The minimum Gasteiger partial charge on any atom is -0.450 e. The van der Waals surface area contributed by atoms with Gasteiger partial charge in [-0.05, 0) is 0 Å². The van der Waals surface area contributed by atoms with E-state index in [0.717, 1.165) is 0 Å². The molecule has 0 rings (SSSR count). The SMILES string of the molecule is CCC(F)(OC(=O)O)C(F)(F)C(F)(F)F. The maximum Gasteiger partial charge on any atom is 0.508 e. The van der Waals surface area contributed by atoms with Gasteiger partial charge in [0, 0.05) is 6.42 Å². The Kier molecular flexibility index (Phi) is 3.49. The molecule has 0 aliphatic rings. The predicted octanol–water partition coefficient (Wildman–Crippen LogP) is 2.95. The molecule has 0 heterocycles. The first kappa shape index (κ1) is 13.8. The molecule has 15 heavy (non-hydrogen) atoms. The lowest BCUT2D eigenvalue weighted by Gasteiger charge is -2.31. The average molecular weight is 240 g/mol. The van der Waals surface area contributed by atoms with Gasteiger partial charge in [-0.25, -0.2) is 4.79 Å². The van der Waals surface area contributed by atoms with Gasteiger partial charge in [-0.2, -0.15) is 26.3 Å².